The maximum Gasteiger partial charge on any atom is 0.271 e. The van der Waals surface area contributed by atoms with Crippen LogP contribution in [0.15, 0.2) is 18.6 Å². The van der Waals surface area contributed by atoms with Crippen molar-refractivity contribution < 1.29 is 9.90 Å². The minimum atomic E-state index is -0.250. The van der Waals surface area contributed by atoms with Gasteiger partial charge in [-0.15, -0.1) is 12.4 Å². The quantitative estimate of drug-likeness (QED) is 0.661. The molecule has 1 aromatic rings. The van der Waals surface area contributed by atoms with Crippen molar-refractivity contribution in [1.82, 2.24) is 20.6 Å². The van der Waals surface area contributed by atoms with Gasteiger partial charge in [0.15, 0.2) is 0 Å². The van der Waals surface area contributed by atoms with Crippen LogP contribution >= 0.6 is 12.4 Å². The van der Waals surface area contributed by atoms with Crippen molar-refractivity contribution in [1.29, 1.82) is 0 Å². The Bertz CT molecular complexity index is 363. The highest BCUT2D eigenvalue weighted by atomic mass is 35.5. The van der Waals surface area contributed by atoms with Crippen LogP contribution < -0.4 is 10.6 Å². The molecule has 6 nitrogen and oxygen atoms in total. The zero-order valence-corrected chi connectivity index (χ0v) is 9.98. The van der Waals surface area contributed by atoms with Crippen molar-refractivity contribution in [2.75, 3.05) is 19.7 Å². The predicted octanol–water partition coefficient (Wildman–Crippen LogP) is -0.792. The van der Waals surface area contributed by atoms with Crippen LogP contribution in [0.2, 0.25) is 0 Å². The molecule has 0 saturated carbocycles. The highest BCUT2D eigenvalue weighted by Gasteiger charge is 2.28. The Morgan fingerprint density at radius 3 is 3.00 bits per heavy atom. The number of hydrogen-bond acceptors (Lipinski definition) is 5. The molecule has 1 aromatic heterocycles. The van der Waals surface area contributed by atoms with E-state index in [2.05, 4.69) is 20.6 Å². The number of aliphatic hydroxyl groups is 1. The third-order valence-corrected chi connectivity index (χ3v) is 2.69. The molecule has 0 aromatic carbocycles. The molecule has 94 valence electrons. The molecular formula is C10H15ClN4O2. The number of hydrogen-bond donors (Lipinski definition) is 3. The van der Waals surface area contributed by atoms with Crippen molar-refractivity contribution in [2.45, 2.75) is 6.04 Å². The van der Waals surface area contributed by atoms with E-state index in [1.165, 1.54) is 18.6 Å². The Balaban J connectivity index is 0.00000144. The van der Waals surface area contributed by atoms with Gasteiger partial charge in [0, 0.05) is 44.0 Å². The zero-order valence-electron chi connectivity index (χ0n) is 9.17. The minimum absolute atomic E-state index is 0. The van der Waals surface area contributed by atoms with E-state index in [9.17, 15) is 4.79 Å². The van der Waals surface area contributed by atoms with Gasteiger partial charge in [0.1, 0.15) is 5.69 Å². The molecule has 1 amide bonds. The highest BCUT2D eigenvalue weighted by Crippen LogP contribution is 2.08. The van der Waals surface area contributed by atoms with Gasteiger partial charge in [0.2, 0.25) is 0 Å². The van der Waals surface area contributed by atoms with Crippen LogP contribution in [0.3, 0.4) is 0 Å². The third-order valence-electron chi connectivity index (χ3n) is 2.69. The first-order valence-electron chi connectivity index (χ1n) is 5.19. The summed E-state index contributed by atoms with van der Waals surface area (Å²) in [5, 5.41) is 15.1. The first kappa shape index (κ1) is 13.8. The second-order valence-electron chi connectivity index (χ2n) is 3.77. The van der Waals surface area contributed by atoms with Gasteiger partial charge in [-0.25, -0.2) is 4.98 Å². The number of nitrogens with zero attached hydrogens (tertiary/aromatic N) is 2. The van der Waals surface area contributed by atoms with Gasteiger partial charge in [0.05, 0.1) is 6.20 Å². The molecule has 1 aliphatic rings. The van der Waals surface area contributed by atoms with Crippen molar-refractivity contribution in [3.05, 3.63) is 24.3 Å². The van der Waals surface area contributed by atoms with Crippen LogP contribution in [0.1, 0.15) is 10.5 Å². The van der Waals surface area contributed by atoms with Gasteiger partial charge in [-0.05, 0) is 0 Å². The minimum Gasteiger partial charge on any atom is -0.396 e. The first-order valence-corrected chi connectivity index (χ1v) is 5.19. The highest BCUT2D eigenvalue weighted by molar-refractivity contribution is 5.92. The Kier molecular flexibility index (Phi) is 5.27. The molecule has 7 heteroatoms. The summed E-state index contributed by atoms with van der Waals surface area (Å²) in [6.07, 6.45) is 4.42. The number of aromatic nitrogens is 2. The molecule has 1 aliphatic heterocycles. The lowest BCUT2D eigenvalue weighted by molar-refractivity contribution is 0.0916. The predicted molar refractivity (Wildman–Crippen MR) is 64.0 cm³/mol. The Morgan fingerprint density at radius 1 is 1.53 bits per heavy atom. The van der Waals surface area contributed by atoms with E-state index in [-0.39, 0.29) is 36.9 Å². The molecule has 2 rings (SSSR count). The van der Waals surface area contributed by atoms with Crippen LogP contribution in [0.5, 0.6) is 0 Å². The molecule has 0 bridgehead atoms. The van der Waals surface area contributed by atoms with Crippen molar-refractivity contribution in [3.8, 4) is 0 Å². The fourth-order valence-electron chi connectivity index (χ4n) is 1.75. The lowest BCUT2D eigenvalue weighted by Crippen LogP contribution is -2.41. The maximum absolute atomic E-state index is 11.7. The normalized spacial score (nSPS) is 22.9. The molecule has 0 unspecified atom stereocenters. The van der Waals surface area contributed by atoms with E-state index in [0.29, 0.717) is 12.2 Å². The molecule has 1 saturated heterocycles. The number of halogens is 1. The zero-order chi connectivity index (χ0) is 11.4. The Hall–Kier alpha value is -1.24. The lowest BCUT2D eigenvalue weighted by atomic mass is 10.1. The summed E-state index contributed by atoms with van der Waals surface area (Å²) in [7, 11) is 0. The van der Waals surface area contributed by atoms with Crippen molar-refractivity contribution >= 4 is 18.3 Å². The second kappa shape index (κ2) is 6.48. The van der Waals surface area contributed by atoms with Gasteiger partial charge >= 0.3 is 0 Å². The molecule has 2 atom stereocenters. The summed E-state index contributed by atoms with van der Waals surface area (Å²) in [4.78, 5) is 19.5. The first-order chi connectivity index (χ1) is 7.81. The molecule has 3 N–H and O–H groups in total. The van der Waals surface area contributed by atoms with Crippen LogP contribution in [-0.4, -0.2) is 46.7 Å². The van der Waals surface area contributed by atoms with Gasteiger partial charge in [-0.3, -0.25) is 9.78 Å². The number of aliphatic hydroxyl groups excluding tert-OH is 1. The Morgan fingerprint density at radius 2 is 2.35 bits per heavy atom. The van der Waals surface area contributed by atoms with Crippen molar-refractivity contribution in [2.24, 2.45) is 5.92 Å². The monoisotopic (exact) mass is 258 g/mol. The van der Waals surface area contributed by atoms with E-state index in [0.717, 1.165) is 6.54 Å². The van der Waals surface area contributed by atoms with E-state index in [1.807, 2.05) is 0 Å². The number of rotatable bonds is 3. The van der Waals surface area contributed by atoms with Gasteiger partial charge in [-0.1, -0.05) is 0 Å². The van der Waals surface area contributed by atoms with Gasteiger partial charge in [-0.2, -0.15) is 0 Å². The summed E-state index contributed by atoms with van der Waals surface area (Å²) in [5.74, 6) is -0.180. The molecule has 17 heavy (non-hydrogen) atoms. The fraction of sp³-hybridized carbons (Fsp3) is 0.500. The smallest absolute Gasteiger partial charge is 0.271 e. The van der Waals surface area contributed by atoms with E-state index in [1.54, 1.807) is 0 Å². The van der Waals surface area contributed by atoms with Crippen LogP contribution in [0, 0.1) is 5.92 Å². The van der Waals surface area contributed by atoms with Gasteiger partial charge in [0.25, 0.3) is 5.91 Å². The number of carbonyl (C=O) groups is 1. The second-order valence-corrected chi connectivity index (χ2v) is 3.77. The molecule has 0 aliphatic carbocycles. The molecule has 0 radical (unpaired) electrons. The fourth-order valence-corrected chi connectivity index (χ4v) is 1.75. The Labute approximate surface area is 105 Å². The summed E-state index contributed by atoms with van der Waals surface area (Å²) < 4.78 is 0. The average Bonchev–Trinajstić information content (AvgIpc) is 2.77. The van der Waals surface area contributed by atoms with Crippen molar-refractivity contribution in [3.63, 3.8) is 0 Å². The number of amides is 1. The van der Waals surface area contributed by atoms with Crippen LogP contribution in [0.25, 0.3) is 0 Å². The lowest BCUT2D eigenvalue weighted by Gasteiger charge is -2.17. The number of carbonyl (C=O) groups excluding carboxylic acids is 1. The topological polar surface area (TPSA) is 87.1 Å². The summed E-state index contributed by atoms with van der Waals surface area (Å²) >= 11 is 0. The molecule has 1 fully saturated rings. The van der Waals surface area contributed by atoms with Gasteiger partial charge < -0.3 is 15.7 Å². The third kappa shape index (κ3) is 3.36. The van der Waals surface area contributed by atoms with Crippen LogP contribution in [-0.2, 0) is 0 Å². The van der Waals surface area contributed by atoms with E-state index in [4.69, 9.17) is 5.11 Å². The molecule has 0 spiro atoms. The molecule has 2 heterocycles. The molecular weight excluding hydrogens is 244 g/mol. The summed E-state index contributed by atoms with van der Waals surface area (Å²) in [5.41, 5.74) is 0.297. The standard InChI is InChI=1S/C10H14N4O2.ClH/c15-6-7-3-12-4-8(7)14-10(16)9-5-11-1-2-13-9;/h1-2,5,7-8,12,15H,3-4,6H2,(H,14,16);1H/t7-,8+;/m0./s1. The van der Waals surface area contributed by atoms with E-state index < -0.39 is 0 Å². The maximum atomic E-state index is 11.7. The number of nitrogens with one attached hydrogen (secondary N) is 2. The average molecular weight is 259 g/mol. The summed E-state index contributed by atoms with van der Waals surface area (Å²) in [6.45, 7) is 1.47. The largest absolute Gasteiger partial charge is 0.396 e. The SMILES string of the molecule is Cl.O=C(N[C@@H]1CNC[C@H]1CO)c1cnccn1. The summed E-state index contributed by atoms with van der Waals surface area (Å²) in [6, 6.07) is -0.0421. The van der Waals surface area contributed by atoms with E-state index >= 15 is 0 Å². The van der Waals surface area contributed by atoms with Crippen LogP contribution in [0.4, 0.5) is 0 Å².